The number of ether oxygens (including phenoxy) is 3. The maximum Gasteiger partial charge on any atom is 0.330 e. The van der Waals surface area contributed by atoms with Crippen LogP contribution in [0, 0.1) is 5.92 Å². The van der Waals surface area contributed by atoms with Crippen LogP contribution in [0.5, 0.6) is 0 Å². The first kappa shape index (κ1) is 17.2. The van der Waals surface area contributed by atoms with E-state index in [9.17, 15) is 9.59 Å². The second-order valence-electron chi connectivity index (χ2n) is 5.34. The monoisotopic (exact) mass is 320 g/mol. The van der Waals surface area contributed by atoms with E-state index >= 15 is 0 Å². The lowest BCUT2D eigenvalue weighted by Gasteiger charge is -2.35. The van der Waals surface area contributed by atoms with Crippen LogP contribution in [0.15, 0.2) is 42.5 Å². The summed E-state index contributed by atoms with van der Waals surface area (Å²) in [4.78, 5) is 22.3. The Bertz CT molecular complexity index is 574. The SMILES string of the molecule is C=C(CC(COC(C)=O)C1(c2ccccc2)OCCO1)C(=O)O. The number of carbonyl (C=O) groups excluding carboxylic acids is 1. The zero-order chi connectivity index (χ0) is 16.9. The topological polar surface area (TPSA) is 82.1 Å². The molecule has 0 aliphatic carbocycles. The Morgan fingerprint density at radius 2 is 1.91 bits per heavy atom. The van der Waals surface area contributed by atoms with E-state index in [1.807, 2.05) is 30.3 Å². The van der Waals surface area contributed by atoms with E-state index in [0.29, 0.717) is 13.2 Å². The van der Waals surface area contributed by atoms with Crippen LogP contribution in [0.4, 0.5) is 0 Å². The molecule has 1 atom stereocenters. The van der Waals surface area contributed by atoms with Gasteiger partial charge >= 0.3 is 11.9 Å². The average molecular weight is 320 g/mol. The molecule has 1 saturated heterocycles. The Labute approximate surface area is 134 Å². The van der Waals surface area contributed by atoms with Crippen molar-refractivity contribution >= 4 is 11.9 Å². The Morgan fingerprint density at radius 3 is 2.43 bits per heavy atom. The van der Waals surface area contributed by atoms with Crippen molar-refractivity contribution in [3.05, 3.63) is 48.0 Å². The number of aliphatic carboxylic acids is 1. The highest BCUT2D eigenvalue weighted by Gasteiger charge is 2.47. The summed E-state index contributed by atoms with van der Waals surface area (Å²) in [5, 5.41) is 9.12. The zero-order valence-corrected chi connectivity index (χ0v) is 13.0. The van der Waals surface area contributed by atoms with Gasteiger partial charge in [-0.05, 0) is 6.42 Å². The van der Waals surface area contributed by atoms with E-state index in [-0.39, 0.29) is 18.6 Å². The van der Waals surface area contributed by atoms with Gasteiger partial charge in [0.25, 0.3) is 0 Å². The smallest absolute Gasteiger partial charge is 0.330 e. The van der Waals surface area contributed by atoms with Gasteiger partial charge in [-0.1, -0.05) is 36.9 Å². The van der Waals surface area contributed by atoms with Crippen LogP contribution in [0.25, 0.3) is 0 Å². The number of benzene rings is 1. The zero-order valence-electron chi connectivity index (χ0n) is 13.0. The Hall–Kier alpha value is -2.18. The van der Waals surface area contributed by atoms with Gasteiger partial charge in [0, 0.05) is 18.1 Å². The van der Waals surface area contributed by atoms with Crippen molar-refractivity contribution < 1.29 is 28.9 Å². The van der Waals surface area contributed by atoms with Crippen molar-refractivity contribution in [2.24, 2.45) is 5.92 Å². The van der Waals surface area contributed by atoms with E-state index in [1.165, 1.54) is 6.92 Å². The summed E-state index contributed by atoms with van der Waals surface area (Å²) < 4.78 is 16.8. The number of hydrogen-bond donors (Lipinski definition) is 1. The van der Waals surface area contributed by atoms with Crippen LogP contribution in [-0.2, 0) is 29.6 Å². The Morgan fingerprint density at radius 1 is 1.30 bits per heavy atom. The predicted octanol–water partition coefficient (Wildman–Crippen LogP) is 2.10. The first-order chi connectivity index (χ1) is 11.0. The van der Waals surface area contributed by atoms with Crippen molar-refractivity contribution in [3.8, 4) is 0 Å². The molecule has 1 aliphatic heterocycles. The van der Waals surface area contributed by atoms with Gasteiger partial charge in [-0.25, -0.2) is 4.79 Å². The lowest BCUT2D eigenvalue weighted by Crippen LogP contribution is -2.40. The molecule has 23 heavy (non-hydrogen) atoms. The maximum absolute atomic E-state index is 11.2. The second kappa shape index (κ2) is 7.39. The van der Waals surface area contributed by atoms with Gasteiger partial charge in [-0.2, -0.15) is 0 Å². The highest BCUT2D eigenvalue weighted by molar-refractivity contribution is 5.85. The van der Waals surface area contributed by atoms with Crippen molar-refractivity contribution in [3.63, 3.8) is 0 Å². The molecule has 1 aromatic rings. The summed E-state index contributed by atoms with van der Waals surface area (Å²) in [7, 11) is 0. The van der Waals surface area contributed by atoms with Crippen molar-refractivity contribution in [2.75, 3.05) is 19.8 Å². The van der Waals surface area contributed by atoms with Gasteiger partial charge in [0.1, 0.15) is 0 Å². The minimum absolute atomic E-state index is 0.0107. The summed E-state index contributed by atoms with van der Waals surface area (Å²) in [6.07, 6.45) is 0.0809. The minimum Gasteiger partial charge on any atom is -0.478 e. The predicted molar refractivity (Wildman–Crippen MR) is 81.5 cm³/mol. The van der Waals surface area contributed by atoms with Crippen LogP contribution >= 0.6 is 0 Å². The number of carboxylic acid groups (broad SMARTS) is 1. The number of rotatable bonds is 7. The maximum atomic E-state index is 11.2. The fourth-order valence-corrected chi connectivity index (χ4v) is 2.64. The average Bonchev–Trinajstić information content (AvgIpc) is 3.02. The summed E-state index contributed by atoms with van der Waals surface area (Å²) in [6, 6.07) is 9.24. The molecule has 0 aromatic heterocycles. The van der Waals surface area contributed by atoms with Crippen LogP contribution in [0.1, 0.15) is 18.9 Å². The molecule has 0 radical (unpaired) electrons. The molecule has 1 unspecified atom stereocenters. The van der Waals surface area contributed by atoms with Gasteiger partial charge in [0.15, 0.2) is 0 Å². The summed E-state index contributed by atoms with van der Waals surface area (Å²) in [5.74, 6) is -3.20. The number of carboxylic acids is 1. The molecule has 6 heteroatoms. The van der Waals surface area contributed by atoms with E-state index in [1.54, 1.807) is 0 Å². The molecule has 2 rings (SSSR count). The Balaban J connectivity index is 2.33. The first-order valence-corrected chi connectivity index (χ1v) is 7.33. The van der Waals surface area contributed by atoms with Crippen molar-refractivity contribution in [1.29, 1.82) is 0 Å². The molecule has 1 aromatic carbocycles. The van der Waals surface area contributed by atoms with Crippen molar-refractivity contribution in [1.82, 2.24) is 0 Å². The number of esters is 1. The highest BCUT2D eigenvalue weighted by Crippen LogP contribution is 2.41. The van der Waals surface area contributed by atoms with E-state index in [0.717, 1.165) is 5.56 Å². The molecular weight excluding hydrogens is 300 g/mol. The van der Waals surface area contributed by atoms with Crippen LogP contribution < -0.4 is 0 Å². The molecule has 124 valence electrons. The molecular formula is C17H20O6. The summed E-state index contributed by atoms with van der Waals surface area (Å²) in [6.45, 7) is 5.61. The second-order valence-corrected chi connectivity index (χ2v) is 5.34. The van der Waals surface area contributed by atoms with Crippen LogP contribution in [0.2, 0.25) is 0 Å². The fraction of sp³-hybridized carbons (Fsp3) is 0.412. The molecule has 1 fully saturated rings. The third-order valence-corrected chi connectivity index (χ3v) is 3.71. The molecule has 1 aliphatic rings. The normalized spacial score (nSPS) is 17.4. The number of carbonyl (C=O) groups is 2. The van der Waals surface area contributed by atoms with E-state index in [4.69, 9.17) is 19.3 Å². The van der Waals surface area contributed by atoms with Gasteiger partial charge in [0.2, 0.25) is 5.79 Å². The quantitative estimate of drug-likeness (QED) is 0.612. The van der Waals surface area contributed by atoms with Gasteiger partial charge in [0.05, 0.1) is 25.7 Å². The van der Waals surface area contributed by atoms with Crippen molar-refractivity contribution in [2.45, 2.75) is 19.1 Å². The fourth-order valence-electron chi connectivity index (χ4n) is 2.64. The van der Waals surface area contributed by atoms with Gasteiger partial charge in [-0.3, -0.25) is 4.79 Å². The third-order valence-electron chi connectivity index (χ3n) is 3.71. The summed E-state index contributed by atoms with van der Waals surface area (Å²) >= 11 is 0. The Kier molecular flexibility index (Phi) is 5.52. The third kappa shape index (κ3) is 3.97. The first-order valence-electron chi connectivity index (χ1n) is 7.33. The molecule has 0 spiro atoms. The molecule has 0 amide bonds. The van der Waals surface area contributed by atoms with E-state index < -0.39 is 23.6 Å². The highest BCUT2D eigenvalue weighted by atomic mass is 16.7. The summed E-state index contributed by atoms with van der Waals surface area (Å²) in [5.41, 5.74) is 0.768. The molecule has 0 saturated carbocycles. The van der Waals surface area contributed by atoms with E-state index in [2.05, 4.69) is 6.58 Å². The molecule has 1 N–H and O–H groups in total. The minimum atomic E-state index is -1.14. The lowest BCUT2D eigenvalue weighted by atomic mass is 9.87. The molecule has 1 heterocycles. The van der Waals surface area contributed by atoms with Gasteiger partial charge < -0.3 is 19.3 Å². The lowest BCUT2D eigenvalue weighted by molar-refractivity contribution is -0.216. The standard InChI is InChI=1S/C17H20O6/c1-12(16(19)20)10-15(11-21-13(2)18)17(22-8-9-23-17)14-6-4-3-5-7-14/h3-7,15H,1,8-11H2,2H3,(H,19,20). The largest absolute Gasteiger partial charge is 0.478 e. The number of hydrogen-bond acceptors (Lipinski definition) is 5. The molecule has 0 bridgehead atoms. The molecule has 6 nitrogen and oxygen atoms in total. The van der Waals surface area contributed by atoms with Gasteiger partial charge in [-0.15, -0.1) is 0 Å². The van der Waals surface area contributed by atoms with Crippen LogP contribution in [-0.4, -0.2) is 36.9 Å². The van der Waals surface area contributed by atoms with Crippen LogP contribution in [0.3, 0.4) is 0 Å².